The minimum absolute atomic E-state index is 0.0362. The molecular formula is C41H30N2O5. The maximum absolute atomic E-state index is 13.2. The van der Waals surface area contributed by atoms with Crippen molar-refractivity contribution in [3.63, 3.8) is 0 Å². The van der Waals surface area contributed by atoms with Gasteiger partial charge in [0, 0.05) is 29.3 Å². The highest BCUT2D eigenvalue weighted by atomic mass is 16.5. The van der Waals surface area contributed by atoms with Crippen molar-refractivity contribution in [3.8, 4) is 28.7 Å². The lowest BCUT2D eigenvalue weighted by Crippen LogP contribution is -2.20. The number of ketones is 2. The summed E-state index contributed by atoms with van der Waals surface area (Å²) >= 11 is 0. The SMILES string of the molecule is Cc1ccc(C(=O)c2ccc(Oc3ccc(Oc4ccc(C(=O)c5ccc(-n6c(=O)n(C)c7ccccc76)cc5)cc4)cc3)cc2)cc1. The Hall–Kier alpha value is -6.47. The molecule has 0 saturated carbocycles. The van der Waals surface area contributed by atoms with E-state index in [2.05, 4.69) is 0 Å². The monoisotopic (exact) mass is 630 g/mol. The molecule has 0 aliphatic heterocycles. The van der Waals surface area contributed by atoms with Crippen LogP contribution < -0.4 is 15.2 Å². The van der Waals surface area contributed by atoms with Crippen molar-refractivity contribution < 1.29 is 19.1 Å². The van der Waals surface area contributed by atoms with Crippen LogP contribution in [0.4, 0.5) is 0 Å². The molecule has 234 valence electrons. The summed E-state index contributed by atoms with van der Waals surface area (Å²) in [5.74, 6) is 2.26. The number of benzene rings is 6. The lowest BCUT2D eigenvalue weighted by atomic mass is 10.0. The standard InChI is InChI=1S/C41H30N2O5/c1-27-7-9-28(10-8-27)39(44)30-13-19-33(20-14-30)47-35-23-25-36(26-24-35)48-34-21-15-31(16-22-34)40(45)29-11-17-32(18-12-29)43-38-6-4-3-5-37(38)42(2)41(43)46/h3-26H,1-2H3. The van der Waals surface area contributed by atoms with Crippen LogP contribution >= 0.6 is 0 Å². The Morgan fingerprint density at radius 1 is 0.479 bits per heavy atom. The number of rotatable bonds is 9. The van der Waals surface area contributed by atoms with Crippen molar-refractivity contribution in [1.82, 2.24) is 9.13 Å². The number of ether oxygens (including phenoxy) is 2. The number of carbonyl (C=O) groups is 2. The van der Waals surface area contributed by atoms with Gasteiger partial charge in [0.2, 0.25) is 0 Å². The van der Waals surface area contributed by atoms with Gasteiger partial charge in [0.05, 0.1) is 16.7 Å². The molecule has 0 unspecified atom stereocenters. The maximum Gasteiger partial charge on any atom is 0.333 e. The number of nitrogens with zero attached hydrogens (tertiary/aromatic N) is 2. The first kappa shape index (κ1) is 30.2. The Kier molecular flexibility index (Phi) is 8.01. The number of aryl methyl sites for hydroxylation is 2. The van der Waals surface area contributed by atoms with Crippen molar-refractivity contribution in [3.05, 3.63) is 184 Å². The average molecular weight is 631 g/mol. The summed E-state index contributed by atoms with van der Waals surface area (Å²) in [6.07, 6.45) is 0. The van der Waals surface area contributed by atoms with Gasteiger partial charge in [0.15, 0.2) is 11.6 Å². The second kappa shape index (κ2) is 12.7. The minimum atomic E-state index is -0.147. The summed E-state index contributed by atoms with van der Waals surface area (Å²) in [4.78, 5) is 38.9. The van der Waals surface area contributed by atoms with E-state index in [-0.39, 0.29) is 17.3 Å². The number of fused-ring (bicyclic) bond motifs is 1. The van der Waals surface area contributed by atoms with E-state index in [9.17, 15) is 14.4 Å². The van der Waals surface area contributed by atoms with Gasteiger partial charge in [-0.2, -0.15) is 0 Å². The number of para-hydroxylation sites is 2. The number of imidazole rings is 1. The summed E-state index contributed by atoms with van der Waals surface area (Å²) in [7, 11) is 1.75. The average Bonchev–Trinajstić information content (AvgIpc) is 3.38. The third-order valence-corrected chi connectivity index (χ3v) is 8.19. The lowest BCUT2D eigenvalue weighted by molar-refractivity contribution is 0.103. The van der Waals surface area contributed by atoms with Gasteiger partial charge in [-0.1, -0.05) is 42.0 Å². The van der Waals surface area contributed by atoms with Gasteiger partial charge in [-0.3, -0.25) is 18.7 Å². The van der Waals surface area contributed by atoms with Gasteiger partial charge in [-0.15, -0.1) is 0 Å². The summed E-state index contributed by atoms with van der Waals surface area (Å²) in [6, 6.07) is 43.4. The van der Waals surface area contributed by atoms with Gasteiger partial charge in [-0.05, 0) is 116 Å². The van der Waals surface area contributed by atoms with E-state index in [4.69, 9.17) is 9.47 Å². The molecule has 7 heteroatoms. The zero-order valence-corrected chi connectivity index (χ0v) is 26.3. The molecule has 7 rings (SSSR count). The van der Waals surface area contributed by atoms with Crippen molar-refractivity contribution >= 4 is 22.6 Å². The smallest absolute Gasteiger partial charge is 0.333 e. The highest BCUT2D eigenvalue weighted by Gasteiger charge is 2.14. The van der Waals surface area contributed by atoms with Crippen LogP contribution in [-0.2, 0) is 7.05 Å². The van der Waals surface area contributed by atoms with Crippen LogP contribution in [0.1, 0.15) is 37.4 Å². The summed E-state index contributed by atoms with van der Waals surface area (Å²) in [6.45, 7) is 1.99. The fourth-order valence-electron chi connectivity index (χ4n) is 5.54. The molecule has 7 nitrogen and oxygen atoms in total. The molecule has 0 amide bonds. The van der Waals surface area contributed by atoms with E-state index in [0.29, 0.717) is 50.9 Å². The molecule has 1 heterocycles. The highest BCUT2D eigenvalue weighted by molar-refractivity contribution is 6.09. The second-order valence-corrected chi connectivity index (χ2v) is 11.5. The number of hydrogen-bond donors (Lipinski definition) is 0. The van der Waals surface area contributed by atoms with Gasteiger partial charge in [0.25, 0.3) is 0 Å². The first-order valence-electron chi connectivity index (χ1n) is 15.4. The first-order valence-corrected chi connectivity index (χ1v) is 15.4. The van der Waals surface area contributed by atoms with Crippen LogP contribution in [0.25, 0.3) is 16.7 Å². The molecule has 1 aromatic heterocycles. The Balaban J connectivity index is 0.969. The molecule has 0 aliphatic rings. The zero-order valence-electron chi connectivity index (χ0n) is 26.3. The summed E-state index contributed by atoms with van der Waals surface area (Å²) in [5, 5.41) is 0. The number of carbonyl (C=O) groups excluding carboxylic acids is 2. The molecule has 0 spiro atoms. The van der Waals surface area contributed by atoms with Crippen LogP contribution in [0.2, 0.25) is 0 Å². The molecule has 7 aromatic rings. The molecule has 0 radical (unpaired) electrons. The van der Waals surface area contributed by atoms with E-state index in [0.717, 1.165) is 16.6 Å². The molecule has 0 N–H and O–H groups in total. The molecule has 0 saturated heterocycles. The molecule has 6 aromatic carbocycles. The van der Waals surface area contributed by atoms with Crippen molar-refractivity contribution in [1.29, 1.82) is 0 Å². The van der Waals surface area contributed by atoms with E-state index in [1.807, 2.05) is 55.5 Å². The Bertz CT molecular complexity index is 2320. The quantitative estimate of drug-likeness (QED) is 0.149. The molecule has 0 fully saturated rings. The van der Waals surface area contributed by atoms with E-state index < -0.39 is 0 Å². The van der Waals surface area contributed by atoms with Crippen molar-refractivity contribution in [2.45, 2.75) is 6.92 Å². The van der Waals surface area contributed by atoms with Crippen molar-refractivity contribution in [2.24, 2.45) is 7.05 Å². The minimum Gasteiger partial charge on any atom is -0.457 e. The zero-order chi connectivity index (χ0) is 33.2. The van der Waals surface area contributed by atoms with Gasteiger partial charge in [-0.25, -0.2) is 4.79 Å². The Morgan fingerprint density at radius 3 is 1.27 bits per heavy atom. The third kappa shape index (κ3) is 6.04. The largest absolute Gasteiger partial charge is 0.457 e. The lowest BCUT2D eigenvalue weighted by Gasteiger charge is -2.10. The predicted molar refractivity (Wildman–Crippen MR) is 186 cm³/mol. The third-order valence-electron chi connectivity index (χ3n) is 8.19. The van der Waals surface area contributed by atoms with E-state index >= 15 is 0 Å². The van der Waals surface area contributed by atoms with E-state index in [1.54, 1.807) is 113 Å². The second-order valence-electron chi connectivity index (χ2n) is 11.5. The summed E-state index contributed by atoms with van der Waals surface area (Å²) < 4.78 is 15.2. The molecule has 0 atom stereocenters. The van der Waals surface area contributed by atoms with Crippen LogP contribution in [0.5, 0.6) is 23.0 Å². The van der Waals surface area contributed by atoms with Crippen LogP contribution in [0, 0.1) is 6.92 Å². The summed E-state index contributed by atoms with van der Waals surface area (Å²) in [5.41, 5.74) is 5.57. The van der Waals surface area contributed by atoms with Crippen LogP contribution in [0.15, 0.2) is 150 Å². The number of hydrogen-bond acceptors (Lipinski definition) is 5. The predicted octanol–water partition coefficient (Wildman–Crippen LogP) is 8.68. The van der Waals surface area contributed by atoms with Gasteiger partial charge < -0.3 is 9.47 Å². The fourth-order valence-corrected chi connectivity index (χ4v) is 5.54. The van der Waals surface area contributed by atoms with Crippen molar-refractivity contribution in [2.75, 3.05) is 0 Å². The van der Waals surface area contributed by atoms with Crippen LogP contribution in [0.3, 0.4) is 0 Å². The maximum atomic E-state index is 13.2. The van der Waals surface area contributed by atoms with E-state index in [1.165, 1.54) is 0 Å². The fraction of sp³-hybridized carbons (Fsp3) is 0.0488. The molecular weight excluding hydrogens is 600 g/mol. The first-order chi connectivity index (χ1) is 23.3. The van der Waals surface area contributed by atoms with Gasteiger partial charge in [0.1, 0.15) is 23.0 Å². The highest BCUT2D eigenvalue weighted by Crippen LogP contribution is 2.28. The Morgan fingerprint density at radius 2 is 0.833 bits per heavy atom. The molecule has 0 aliphatic carbocycles. The van der Waals surface area contributed by atoms with Crippen LogP contribution in [-0.4, -0.2) is 20.7 Å². The number of aromatic nitrogens is 2. The molecule has 48 heavy (non-hydrogen) atoms. The Labute approximate surface area is 276 Å². The van der Waals surface area contributed by atoms with Gasteiger partial charge >= 0.3 is 5.69 Å². The molecule has 0 bridgehead atoms. The topological polar surface area (TPSA) is 79.5 Å². The normalized spacial score (nSPS) is 11.0.